The normalized spacial score (nSPS) is 9.75. The molecule has 1 aromatic rings. The highest BCUT2D eigenvalue weighted by molar-refractivity contribution is 7.97. The van der Waals surface area contributed by atoms with E-state index in [9.17, 15) is 0 Å². The molecule has 1 heterocycles. The molecule has 0 aliphatic rings. The van der Waals surface area contributed by atoms with Gasteiger partial charge in [-0.05, 0) is 30.0 Å². The molecular formula is C9H12N2S. The van der Waals surface area contributed by atoms with Crippen molar-refractivity contribution < 1.29 is 0 Å². The molecule has 0 atom stereocenters. The zero-order chi connectivity index (χ0) is 8.97. The first-order valence-corrected chi connectivity index (χ1v) is 5.03. The van der Waals surface area contributed by atoms with Gasteiger partial charge in [-0.25, -0.2) is 4.98 Å². The van der Waals surface area contributed by atoms with Crippen LogP contribution in [0.5, 0.6) is 0 Å². The first-order valence-electron chi connectivity index (χ1n) is 3.64. The van der Waals surface area contributed by atoms with Crippen LogP contribution in [-0.2, 0) is 5.75 Å². The van der Waals surface area contributed by atoms with Crippen molar-refractivity contribution in [3.05, 3.63) is 30.0 Å². The lowest BCUT2D eigenvalue weighted by atomic mass is 10.2. The zero-order valence-corrected chi connectivity index (χ0v) is 7.90. The van der Waals surface area contributed by atoms with E-state index in [2.05, 4.69) is 17.8 Å². The van der Waals surface area contributed by atoms with Gasteiger partial charge in [-0.15, -0.1) is 0 Å². The molecule has 2 N–H and O–H groups in total. The van der Waals surface area contributed by atoms with Gasteiger partial charge in [0.2, 0.25) is 0 Å². The minimum Gasteiger partial charge on any atom is -0.384 e. The van der Waals surface area contributed by atoms with Crippen LogP contribution in [0.1, 0.15) is 11.3 Å². The summed E-state index contributed by atoms with van der Waals surface area (Å²) in [7, 11) is 0. The van der Waals surface area contributed by atoms with Gasteiger partial charge >= 0.3 is 0 Å². The Bertz CT molecular complexity index is 284. The SMILES string of the molecule is C=Cc1cc(CSC)cc(N)n1. The Balaban J connectivity index is 2.97. The van der Waals surface area contributed by atoms with Crippen molar-refractivity contribution in [3.63, 3.8) is 0 Å². The number of hydrogen-bond acceptors (Lipinski definition) is 3. The summed E-state index contributed by atoms with van der Waals surface area (Å²) in [4.78, 5) is 4.09. The van der Waals surface area contributed by atoms with Crippen molar-refractivity contribution in [3.8, 4) is 0 Å². The Kier molecular flexibility index (Phi) is 3.17. The molecule has 1 aromatic heterocycles. The number of hydrogen-bond donors (Lipinski definition) is 1. The molecule has 0 saturated carbocycles. The molecule has 0 fully saturated rings. The van der Waals surface area contributed by atoms with Gasteiger partial charge in [-0.2, -0.15) is 11.8 Å². The quantitative estimate of drug-likeness (QED) is 0.774. The van der Waals surface area contributed by atoms with E-state index in [0.717, 1.165) is 11.4 Å². The lowest BCUT2D eigenvalue weighted by molar-refractivity contribution is 1.26. The largest absolute Gasteiger partial charge is 0.384 e. The molecule has 1 rings (SSSR count). The number of aromatic nitrogens is 1. The Morgan fingerprint density at radius 3 is 3.00 bits per heavy atom. The van der Waals surface area contributed by atoms with Crippen molar-refractivity contribution in [1.29, 1.82) is 0 Å². The summed E-state index contributed by atoms with van der Waals surface area (Å²) in [5.41, 5.74) is 7.64. The highest BCUT2D eigenvalue weighted by Gasteiger charge is 1.96. The predicted molar refractivity (Wildman–Crippen MR) is 56.0 cm³/mol. The Morgan fingerprint density at radius 1 is 1.67 bits per heavy atom. The average molecular weight is 180 g/mol. The van der Waals surface area contributed by atoms with E-state index in [1.807, 2.05) is 12.1 Å². The maximum absolute atomic E-state index is 5.60. The molecule has 0 amide bonds. The zero-order valence-electron chi connectivity index (χ0n) is 7.08. The molecule has 0 aromatic carbocycles. The summed E-state index contributed by atoms with van der Waals surface area (Å²) in [5.74, 6) is 1.53. The van der Waals surface area contributed by atoms with Crippen molar-refractivity contribution in [2.75, 3.05) is 12.0 Å². The van der Waals surface area contributed by atoms with Gasteiger partial charge in [-0.1, -0.05) is 6.58 Å². The first kappa shape index (κ1) is 9.13. The van der Waals surface area contributed by atoms with Crippen LogP contribution >= 0.6 is 11.8 Å². The fourth-order valence-electron chi connectivity index (χ4n) is 0.990. The number of nitrogen functional groups attached to an aromatic ring is 1. The molecule has 2 nitrogen and oxygen atoms in total. The first-order chi connectivity index (χ1) is 5.76. The Labute approximate surface area is 76.9 Å². The van der Waals surface area contributed by atoms with E-state index < -0.39 is 0 Å². The third-order valence-electron chi connectivity index (χ3n) is 1.44. The molecule has 0 radical (unpaired) electrons. The molecule has 3 heteroatoms. The van der Waals surface area contributed by atoms with Crippen LogP contribution in [0, 0.1) is 0 Å². The van der Waals surface area contributed by atoms with Gasteiger partial charge in [0.25, 0.3) is 0 Å². The van der Waals surface area contributed by atoms with Crippen LogP contribution in [0.2, 0.25) is 0 Å². The van der Waals surface area contributed by atoms with Gasteiger partial charge < -0.3 is 5.73 Å². The fourth-order valence-corrected chi connectivity index (χ4v) is 1.49. The standard InChI is InChI=1S/C9H12N2S/c1-3-8-4-7(6-12-2)5-9(10)11-8/h3-5H,1,6H2,2H3,(H2,10,11). The van der Waals surface area contributed by atoms with Crippen molar-refractivity contribution in [2.45, 2.75) is 5.75 Å². The van der Waals surface area contributed by atoms with Crippen LogP contribution in [-0.4, -0.2) is 11.2 Å². The van der Waals surface area contributed by atoms with Gasteiger partial charge in [0, 0.05) is 5.75 Å². The van der Waals surface area contributed by atoms with Gasteiger partial charge in [0.05, 0.1) is 5.69 Å². The molecule has 64 valence electrons. The van der Waals surface area contributed by atoms with Crippen LogP contribution in [0.25, 0.3) is 6.08 Å². The Hall–Kier alpha value is -0.960. The van der Waals surface area contributed by atoms with Gasteiger partial charge in [0.1, 0.15) is 5.82 Å². The summed E-state index contributed by atoms with van der Waals surface area (Å²) in [6.07, 6.45) is 3.77. The predicted octanol–water partition coefficient (Wildman–Crippen LogP) is 2.17. The summed E-state index contributed by atoms with van der Waals surface area (Å²) in [6.45, 7) is 3.65. The van der Waals surface area contributed by atoms with Crippen LogP contribution in [0.15, 0.2) is 18.7 Å². The van der Waals surface area contributed by atoms with Gasteiger partial charge in [0.15, 0.2) is 0 Å². The summed E-state index contributed by atoms with van der Waals surface area (Å²) < 4.78 is 0. The number of thioether (sulfide) groups is 1. The summed E-state index contributed by atoms with van der Waals surface area (Å²) >= 11 is 1.76. The molecular weight excluding hydrogens is 168 g/mol. The number of nitrogens with two attached hydrogens (primary N) is 1. The fraction of sp³-hybridized carbons (Fsp3) is 0.222. The number of pyridine rings is 1. The number of anilines is 1. The lowest BCUT2D eigenvalue weighted by Crippen LogP contribution is -1.94. The molecule has 0 aliphatic carbocycles. The van der Waals surface area contributed by atoms with Gasteiger partial charge in [-0.3, -0.25) is 0 Å². The average Bonchev–Trinajstić information content (AvgIpc) is 2.04. The van der Waals surface area contributed by atoms with Crippen LogP contribution in [0.4, 0.5) is 5.82 Å². The molecule has 12 heavy (non-hydrogen) atoms. The minimum atomic E-state index is 0.566. The second kappa shape index (κ2) is 4.16. The summed E-state index contributed by atoms with van der Waals surface area (Å²) in [5, 5.41) is 0. The second-order valence-corrected chi connectivity index (χ2v) is 3.33. The molecule has 0 unspecified atom stereocenters. The molecule has 0 bridgehead atoms. The number of rotatable bonds is 3. The Morgan fingerprint density at radius 2 is 2.42 bits per heavy atom. The highest BCUT2D eigenvalue weighted by Crippen LogP contribution is 2.13. The molecule has 0 spiro atoms. The minimum absolute atomic E-state index is 0.566. The second-order valence-electron chi connectivity index (χ2n) is 2.46. The third-order valence-corrected chi connectivity index (χ3v) is 2.07. The molecule has 0 aliphatic heterocycles. The third kappa shape index (κ3) is 2.27. The smallest absolute Gasteiger partial charge is 0.124 e. The van der Waals surface area contributed by atoms with Crippen LogP contribution in [0.3, 0.4) is 0 Å². The van der Waals surface area contributed by atoms with E-state index in [0.29, 0.717) is 5.82 Å². The maximum Gasteiger partial charge on any atom is 0.124 e. The monoisotopic (exact) mass is 180 g/mol. The van der Waals surface area contributed by atoms with E-state index >= 15 is 0 Å². The number of nitrogens with zero attached hydrogens (tertiary/aromatic N) is 1. The van der Waals surface area contributed by atoms with Crippen molar-refractivity contribution in [2.24, 2.45) is 0 Å². The lowest BCUT2D eigenvalue weighted by Gasteiger charge is -2.01. The van der Waals surface area contributed by atoms with E-state index in [1.54, 1.807) is 17.8 Å². The van der Waals surface area contributed by atoms with Crippen molar-refractivity contribution in [1.82, 2.24) is 4.98 Å². The molecule has 0 saturated heterocycles. The highest BCUT2D eigenvalue weighted by atomic mass is 32.2. The van der Waals surface area contributed by atoms with E-state index in [4.69, 9.17) is 5.73 Å². The summed E-state index contributed by atoms with van der Waals surface area (Å²) in [6, 6.07) is 3.89. The topological polar surface area (TPSA) is 38.9 Å². The van der Waals surface area contributed by atoms with Crippen LogP contribution < -0.4 is 5.73 Å². The maximum atomic E-state index is 5.60. The van der Waals surface area contributed by atoms with E-state index in [1.165, 1.54) is 5.56 Å². The van der Waals surface area contributed by atoms with E-state index in [-0.39, 0.29) is 0 Å². The van der Waals surface area contributed by atoms with Crippen molar-refractivity contribution >= 4 is 23.7 Å².